The summed E-state index contributed by atoms with van der Waals surface area (Å²) < 4.78 is 6.76. The molecule has 0 saturated carbocycles. The second-order valence-electron chi connectivity index (χ2n) is 3.40. The SMILES string of the molecule is COCC(C)Cn1nnnc1C(C)Cl. The van der Waals surface area contributed by atoms with E-state index in [4.69, 9.17) is 16.3 Å². The van der Waals surface area contributed by atoms with Gasteiger partial charge >= 0.3 is 0 Å². The fraction of sp³-hybridized carbons (Fsp3) is 0.875. The van der Waals surface area contributed by atoms with Gasteiger partial charge in [0.25, 0.3) is 0 Å². The first kappa shape index (κ1) is 11.4. The Bertz CT molecular complexity index is 276. The highest BCUT2D eigenvalue weighted by Crippen LogP contribution is 2.16. The lowest BCUT2D eigenvalue weighted by Crippen LogP contribution is -2.16. The number of nitrogens with zero attached hydrogens (tertiary/aromatic N) is 4. The maximum Gasteiger partial charge on any atom is 0.168 e. The zero-order chi connectivity index (χ0) is 10.6. The van der Waals surface area contributed by atoms with Crippen LogP contribution in [0.5, 0.6) is 0 Å². The smallest absolute Gasteiger partial charge is 0.168 e. The van der Waals surface area contributed by atoms with Crippen LogP contribution in [0.15, 0.2) is 0 Å². The zero-order valence-electron chi connectivity index (χ0n) is 8.64. The molecule has 80 valence electrons. The molecule has 0 spiro atoms. The first-order valence-corrected chi connectivity index (χ1v) is 4.97. The lowest BCUT2D eigenvalue weighted by atomic mass is 10.2. The predicted octanol–water partition coefficient (Wildman–Crippen LogP) is 1.26. The molecule has 1 heterocycles. The first-order valence-electron chi connectivity index (χ1n) is 4.54. The largest absolute Gasteiger partial charge is 0.384 e. The van der Waals surface area contributed by atoms with E-state index in [1.807, 2.05) is 6.92 Å². The number of ether oxygens (including phenoxy) is 1. The van der Waals surface area contributed by atoms with Gasteiger partial charge < -0.3 is 4.74 Å². The summed E-state index contributed by atoms with van der Waals surface area (Å²) in [7, 11) is 1.68. The third-order valence-electron chi connectivity index (χ3n) is 1.85. The van der Waals surface area contributed by atoms with Gasteiger partial charge in [0, 0.05) is 13.7 Å². The first-order chi connectivity index (χ1) is 6.65. The van der Waals surface area contributed by atoms with E-state index in [1.165, 1.54) is 0 Å². The molecule has 0 fully saturated rings. The summed E-state index contributed by atoms with van der Waals surface area (Å²) in [5.74, 6) is 1.08. The van der Waals surface area contributed by atoms with Crippen molar-refractivity contribution in [2.45, 2.75) is 25.8 Å². The van der Waals surface area contributed by atoms with Crippen LogP contribution >= 0.6 is 11.6 Å². The van der Waals surface area contributed by atoms with Gasteiger partial charge in [-0.3, -0.25) is 0 Å². The van der Waals surface area contributed by atoms with Crippen LogP contribution in [0.3, 0.4) is 0 Å². The highest BCUT2D eigenvalue weighted by atomic mass is 35.5. The number of halogens is 1. The molecule has 2 atom stereocenters. The van der Waals surface area contributed by atoms with Crippen LogP contribution in [-0.2, 0) is 11.3 Å². The van der Waals surface area contributed by atoms with Gasteiger partial charge in [-0.2, -0.15) is 0 Å². The third kappa shape index (κ3) is 2.92. The number of tetrazole rings is 1. The number of alkyl halides is 1. The standard InChI is InChI=1S/C8H15ClN4O/c1-6(5-14-3)4-13-8(7(2)9)10-11-12-13/h6-7H,4-5H2,1-3H3. The molecule has 0 aliphatic carbocycles. The molecular weight excluding hydrogens is 204 g/mol. The van der Waals surface area contributed by atoms with E-state index in [0.717, 1.165) is 6.54 Å². The Kier molecular flexibility index (Phi) is 4.28. The van der Waals surface area contributed by atoms with E-state index in [9.17, 15) is 0 Å². The molecule has 0 saturated heterocycles. The van der Waals surface area contributed by atoms with Gasteiger partial charge in [0.1, 0.15) is 0 Å². The van der Waals surface area contributed by atoms with Gasteiger partial charge in [0.05, 0.1) is 12.0 Å². The Hall–Kier alpha value is -0.680. The highest BCUT2D eigenvalue weighted by molar-refractivity contribution is 6.20. The summed E-state index contributed by atoms with van der Waals surface area (Å²) in [6, 6.07) is 0. The highest BCUT2D eigenvalue weighted by Gasteiger charge is 2.13. The molecule has 1 aromatic rings. The van der Waals surface area contributed by atoms with Gasteiger partial charge in [-0.05, 0) is 23.3 Å². The number of methoxy groups -OCH3 is 1. The average molecular weight is 219 g/mol. The molecule has 0 aliphatic heterocycles. The van der Waals surface area contributed by atoms with E-state index in [-0.39, 0.29) is 5.38 Å². The van der Waals surface area contributed by atoms with E-state index < -0.39 is 0 Å². The van der Waals surface area contributed by atoms with Gasteiger partial charge in [-0.15, -0.1) is 16.7 Å². The van der Waals surface area contributed by atoms with Gasteiger partial charge in [0.2, 0.25) is 0 Å². The second kappa shape index (κ2) is 5.26. The lowest BCUT2D eigenvalue weighted by molar-refractivity contribution is 0.148. The Balaban J connectivity index is 2.61. The molecule has 0 radical (unpaired) electrons. The Morgan fingerprint density at radius 2 is 2.21 bits per heavy atom. The van der Waals surface area contributed by atoms with Crippen LogP contribution < -0.4 is 0 Å². The zero-order valence-corrected chi connectivity index (χ0v) is 9.40. The summed E-state index contributed by atoms with van der Waals surface area (Å²) in [6.07, 6.45) is 0. The van der Waals surface area contributed by atoms with Crippen molar-refractivity contribution in [3.63, 3.8) is 0 Å². The minimum atomic E-state index is -0.167. The van der Waals surface area contributed by atoms with Crippen molar-refractivity contribution in [1.82, 2.24) is 20.2 Å². The second-order valence-corrected chi connectivity index (χ2v) is 4.05. The number of hydrogen-bond donors (Lipinski definition) is 0. The summed E-state index contributed by atoms with van der Waals surface area (Å²) >= 11 is 5.92. The molecule has 14 heavy (non-hydrogen) atoms. The van der Waals surface area contributed by atoms with Gasteiger partial charge in [-0.25, -0.2) is 4.68 Å². The topological polar surface area (TPSA) is 52.8 Å². The molecule has 0 amide bonds. The molecule has 0 aromatic carbocycles. The monoisotopic (exact) mass is 218 g/mol. The third-order valence-corrected chi connectivity index (χ3v) is 2.05. The number of hydrogen-bond acceptors (Lipinski definition) is 4. The summed E-state index contributed by atoms with van der Waals surface area (Å²) in [5.41, 5.74) is 0. The Labute approximate surface area is 88.4 Å². The number of rotatable bonds is 5. The normalized spacial score (nSPS) is 15.4. The quantitative estimate of drug-likeness (QED) is 0.699. The van der Waals surface area contributed by atoms with Crippen LogP contribution in [0, 0.1) is 5.92 Å². The van der Waals surface area contributed by atoms with Crippen LogP contribution in [0.1, 0.15) is 25.0 Å². The molecule has 1 rings (SSSR count). The van der Waals surface area contributed by atoms with Gasteiger partial charge in [0.15, 0.2) is 5.82 Å². The van der Waals surface area contributed by atoms with Crippen molar-refractivity contribution in [3.8, 4) is 0 Å². The Morgan fingerprint density at radius 3 is 2.79 bits per heavy atom. The molecule has 0 bridgehead atoms. The van der Waals surface area contributed by atoms with E-state index in [0.29, 0.717) is 18.3 Å². The molecule has 5 nitrogen and oxygen atoms in total. The van der Waals surface area contributed by atoms with E-state index in [2.05, 4.69) is 22.4 Å². The van der Waals surface area contributed by atoms with Crippen molar-refractivity contribution in [2.75, 3.05) is 13.7 Å². The fourth-order valence-corrected chi connectivity index (χ4v) is 1.42. The molecule has 0 N–H and O–H groups in total. The minimum Gasteiger partial charge on any atom is -0.384 e. The fourth-order valence-electron chi connectivity index (χ4n) is 1.26. The maximum atomic E-state index is 5.92. The van der Waals surface area contributed by atoms with Crippen molar-refractivity contribution >= 4 is 11.6 Å². The van der Waals surface area contributed by atoms with Gasteiger partial charge in [-0.1, -0.05) is 6.92 Å². The molecule has 6 heteroatoms. The van der Waals surface area contributed by atoms with Crippen LogP contribution in [0.25, 0.3) is 0 Å². The van der Waals surface area contributed by atoms with E-state index in [1.54, 1.807) is 11.8 Å². The van der Waals surface area contributed by atoms with Crippen LogP contribution in [0.2, 0.25) is 0 Å². The number of aromatic nitrogens is 4. The van der Waals surface area contributed by atoms with Crippen molar-refractivity contribution in [3.05, 3.63) is 5.82 Å². The Morgan fingerprint density at radius 1 is 1.50 bits per heavy atom. The molecule has 2 unspecified atom stereocenters. The van der Waals surface area contributed by atoms with Crippen molar-refractivity contribution in [2.24, 2.45) is 5.92 Å². The summed E-state index contributed by atoms with van der Waals surface area (Å²) in [6.45, 7) is 5.35. The van der Waals surface area contributed by atoms with E-state index >= 15 is 0 Å². The lowest BCUT2D eigenvalue weighted by Gasteiger charge is -2.11. The van der Waals surface area contributed by atoms with Crippen molar-refractivity contribution in [1.29, 1.82) is 0 Å². The predicted molar refractivity (Wildman–Crippen MR) is 53.1 cm³/mol. The van der Waals surface area contributed by atoms with Crippen LogP contribution in [0.4, 0.5) is 0 Å². The minimum absolute atomic E-state index is 0.167. The molecule has 0 aliphatic rings. The van der Waals surface area contributed by atoms with Crippen LogP contribution in [-0.4, -0.2) is 33.9 Å². The summed E-state index contributed by atoms with van der Waals surface area (Å²) in [4.78, 5) is 0. The molecule has 1 aromatic heterocycles. The van der Waals surface area contributed by atoms with Crippen molar-refractivity contribution < 1.29 is 4.74 Å². The average Bonchev–Trinajstić information content (AvgIpc) is 2.52. The molecular formula is C8H15ClN4O. The summed E-state index contributed by atoms with van der Waals surface area (Å²) in [5, 5.41) is 11.2. The maximum absolute atomic E-state index is 5.92.